The molecule has 0 saturated carbocycles. The highest BCUT2D eigenvalue weighted by Gasteiger charge is 2.13. The molecule has 0 aliphatic heterocycles. The van der Waals surface area contributed by atoms with E-state index in [1.165, 1.54) is 18.3 Å². The normalized spacial score (nSPS) is 11.9. The van der Waals surface area contributed by atoms with E-state index in [0.29, 0.717) is 12.5 Å². The van der Waals surface area contributed by atoms with Crippen LogP contribution in [0.3, 0.4) is 0 Å². The monoisotopic (exact) mass is 257 g/mol. The van der Waals surface area contributed by atoms with E-state index in [2.05, 4.69) is 23.6 Å². The Morgan fingerprint density at radius 2 is 2.18 bits per heavy atom. The van der Waals surface area contributed by atoms with Crippen molar-refractivity contribution in [3.8, 4) is 0 Å². The minimum atomic E-state index is -3.45. The highest BCUT2D eigenvalue weighted by Crippen LogP contribution is 2.10. The van der Waals surface area contributed by atoms with Crippen molar-refractivity contribution in [1.82, 2.24) is 9.71 Å². The van der Waals surface area contributed by atoms with E-state index in [0.717, 1.165) is 12.8 Å². The molecule has 0 bridgehead atoms. The van der Waals surface area contributed by atoms with Gasteiger partial charge in [-0.25, -0.2) is 18.1 Å². The van der Waals surface area contributed by atoms with Crippen molar-refractivity contribution in [3.63, 3.8) is 0 Å². The first kappa shape index (κ1) is 13.9. The van der Waals surface area contributed by atoms with Gasteiger partial charge in [-0.05, 0) is 24.8 Å². The molecule has 0 aliphatic rings. The van der Waals surface area contributed by atoms with Gasteiger partial charge in [-0.3, -0.25) is 0 Å². The Kier molecular flexibility index (Phi) is 4.89. The minimum absolute atomic E-state index is 0.162. The second kappa shape index (κ2) is 5.97. The van der Waals surface area contributed by atoms with Crippen LogP contribution < -0.4 is 10.5 Å². The van der Waals surface area contributed by atoms with Gasteiger partial charge in [0.25, 0.3) is 0 Å². The summed E-state index contributed by atoms with van der Waals surface area (Å²) in [6, 6.07) is 2.78. The first-order valence-corrected chi connectivity index (χ1v) is 7.11. The highest BCUT2D eigenvalue weighted by molar-refractivity contribution is 7.89. The number of nitrogens with one attached hydrogen (secondary N) is 1. The molecular formula is C11H19N3O2S. The summed E-state index contributed by atoms with van der Waals surface area (Å²) < 4.78 is 26.2. The summed E-state index contributed by atoms with van der Waals surface area (Å²) in [5.74, 6) is 0.783. The molecule has 96 valence electrons. The van der Waals surface area contributed by atoms with E-state index in [9.17, 15) is 8.42 Å². The zero-order valence-corrected chi connectivity index (χ0v) is 11.0. The summed E-state index contributed by atoms with van der Waals surface area (Å²) in [6.07, 6.45) is 3.22. The lowest BCUT2D eigenvalue weighted by Crippen LogP contribution is -2.25. The number of rotatable bonds is 6. The number of nitrogens with two attached hydrogens (primary N) is 1. The molecule has 1 aromatic rings. The van der Waals surface area contributed by atoms with E-state index >= 15 is 0 Å². The van der Waals surface area contributed by atoms with Crippen molar-refractivity contribution in [3.05, 3.63) is 18.3 Å². The molecule has 0 unspecified atom stereocenters. The van der Waals surface area contributed by atoms with Crippen molar-refractivity contribution in [2.75, 3.05) is 12.3 Å². The van der Waals surface area contributed by atoms with Crippen molar-refractivity contribution in [2.24, 2.45) is 5.92 Å². The van der Waals surface area contributed by atoms with Gasteiger partial charge in [0.1, 0.15) is 5.82 Å². The van der Waals surface area contributed by atoms with Crippen LogP contribution in [-0.4, -0.2) is 19.9 Å². The number of nitrogens with zero attached hydrogens (tertiary/aromatic N) is 1. The summed E-state index contributed by atoms with van der Waals surface area (Å²) in [6.45, 7) is 4.67. The van der Waals surface area contributed by atoms with E-state index in [1.807, 2.05) is 0 Å². The zero-order chi connectivity index (χ0) is 12.9. The average molecular weight is 257 g/mol. The van der Waals surface area contributed by atoms with Crippen molar-refractivity contribution >= 4 is 15.8 Å². The maximum Gasteiger partial charge on any atom is 0.240 e. The van der Waals surface area contributed by atoms with Gasteiger partial charge in [-0.15, -0.1) is 0 Å². The molecule has 3 N–H and O–H groups in total. The van der Waals surface area contributed by atoms with E-state index < -0.39 is 10.0 Å². The Bertz CT molecular complexity index is 458. The summed E-state index contributed by atoms with van der Waals surface area (Å²) in [4.78, 5) is 3.92. The summed E-state index contributed by atoms with van der Waals surface area (Å²) >= 11 is 0. The second-order valence-electron chi connectivity index (χ2n) is 4.35. The molecule has 0 aromatic carbocycles. The van der Waals surface area contributed by atoms with E-state index in [4.69, 9.17) is 5.73 Å². The average Bonchev–Trinajstić information content (AvgIpc) is 2.24. The van der Waals surface area contributed by atoms with E-state index in [1.54, 1.807) is 0 Å². The molecule has 0 fully saturated rings. The van der Waals surface area contributed by atoms with Gasteiger partial charge in [0.2, 0.25) is 10.0 Å². The standard InChI is InChI=1S/C11H19N3O2S/c1-9(2)4-3-6-14-17(15,16)10-5-7-13-11(12)8-10/h5,7-9,14H,3-4,6H2,1-2H3,(H2,12,13). The largest absolute Gasteiger partial charge is 0.384 e. The molecule has 17 heavy (non-hydrogen) atoms. The number of aromatic nitrogens is 1. The van der Waals surface area contributed by atoms with E-state index in [-0.39, 0.29) is 10.7 Å². The zero-order valence-electron chi connectivity index (χ0n) is 10.2. The molecule has 0 spiro atoms. The molecule has 1 aromatic heterocycles. The summed E-state index contributed by atoms with van der Waals surface area (Å²) in [7, 11) is -3.45. The number of hydrogen-bond acceptors (Lipinski definition) is 4. The SMILES string of the molecule is CC(C)CCCNS(=O)(=O)c1ccnc(N)c1. The third-order valence-electron chi connectivity index (χ3n) is 2.31. The molecule has 0 atom stereocenters. The first-order chi connectivity index (χ1) is 7.92. The molecular weight excluding hydrogens is 238 g/mol. The van der Waals surface area contributed by atoms with Crippen LogP contribution in [0.15, 0.2) is 23.2 Å². The number of sulfonamides is 1. The van der Waals surface area contributed by atoms with Crippen LogP contribution >= 0.6 is 0 Å². The third kappa shape index (κ3) is 4.70. The fraction of sp³-hybridized carbons (Fsp3) is 0.545. The lowest BCUT2D eigenvalue weighted by Gasteiger charge is -2.08. The molecule has 0 saturated heterocycles. The molecule has 1 heterocycles. The Morgan fingerprint density at radius 3 is 2.76 bits per heavy atom. The lowest BCUT2D eigenvalue weighted by molar-refractivity contribution is 0.540. The van der Waals surface area contributed by atoms with Crippen LogP contribution in [0.25, 0.3) is 0 Å². The predicted molar refractivity (Wildman–Crippen MR) is 67.9 cm³/mol. The maximum absolute atomic E-state index is 11.8. The van der Waals surface area contributed by atoms with Gasteiger partial charge < -0.3 is 5.73 Å². The molecule has 0 aliphatic carbocycles. The first-order valence-electron chi connectivity index (χ1n) is 5.63. The smallest absolute Gasteiger partial charge is 0.240 e. The molecule has 0 radical (unpaired) electrons. The minimum Gasteiger partial charge on any atom is -0.384 e. The molecule has 0 amide bonds. The van der Waals surface area contributed by atoms with Crippen LogP contribution in [0, 0.1) is 5.92 Å². The third-order valence-corrected chi connectivity index (χ3v) is 3.77. The Labute approximate surface area is 102 Å². The Balaban J connectivity index is 2.57. The summed E-state index contributed by atoms with van der Waals surface area (Å²) in [5.41, 5.74) is 5.45. The Morgan fingerprint density at radius 1 is 1.47 bits per heavy atom. The molecule has 6 heteroatoms. The quantitative estimate of drug-likeness (QED) is 0.754. The Hall–Kier alpha value is -1.14. The van der Waals surface area contributed by atoms with Gasteiger partial charge in [0, 0.05) is 18.8 Å². The number of pyridine rings is 1. The van der Waals surface area contributed by atoms with Crippen LogP contribution in [0.5, 0.6) is 0 Å². The van der Waals surface area contributed by atoms with Gasteiger partial charge in [-0.2, -0.15) is 0 Å². The van der Waals surface area contributed by atoms with Crippen LogP contribution in [0.1, 0.15) is 26.7 Å². The van der Waals surface area contributed by atoms with Crippen LogP contribution in [0.4, 0.5) is 5.82 Å². The van der Waals surface area contributed by atoms with Crippen molar-refractivity contribution < 1.29 is 8.42 Å². The van der Waals surface area contributed by atoms with Gasteiger partial charge in [0.05, 0.1) is 4.90 Å². The van der Waals surface area contributed by atoms with Gasteiger partial charge in [-0.1, -0.05) is 13.8 Å². The van der Waals surface area contributed by atoms with Gasteiger partial charge >= 0.3 is 0 Å². The lowest BCUT2D eigenvalue weighted by atomic mass is 10.1. The van der Waals surface area contributed by atoms with Crippen molar-refractivity contribution in [2.45, 2.75) is 31.6 Å². The molecule has 1 rings (SSSR count). The fourth-order valence-corrected chi connectivity index (χ4v) is 2.49. The highest BCUT2D eigenvalue weighted by atomic mass is 32.2. The second-order valence-corrected chi connectivity index (χ2v) is 6.12. The number of anilines is 1. The molecule has 5 nitrogen and oxygen atoms in total. The van der Waals surface area contributed by atoms with Crippen molar-refractivity contribution in [1.29, 1.82) is 0 Å². The predicted octanol–water partition coefficient (Wildman–Crippen LogP) is 1.38. The topological polar surface area (TPSA) is 85.1 Å². The van der Waals surface area contributed by atoms with Crippen LogP contribution in [-0.2, 0) is 10.0 Å². The summed E-state index contributed by atoms with van der Waals surface area (Å²) in [5, 5.41) is 0. The maximum atomic E-state index is 11.8. The van der Waals surface area contributed by atoms with Crippen LogP contribution in [0.2, 0.25) is 0 Å². The number of nitrogen functional groups attached to an aromatic ring is 1. The fourth-order valence-electron chi connectivity index (χ4n) is 1.40. The number of hydrogen-bond donors (Lipinski definition) is 2. The van der Waals surface area contributed by atoms with Gasteiger partial charge in [0.15, 0.2) is 0 Å².